The highest BCUT2D eigenvalue weighted by atomic mass is 35.5. The number of likely N-dealkylation sites (N-methyl/N-ethyl adjacent to an activating group) is 1. The van der Waals surface area contributed by atoms with Gasteiger partial charge in [0.15, 0.2) is 0 Å². The largest absolute Gasteiger partial charge is 0.329 e. The zero-order valence-electron chi connectivity index (χ0n) is 9.57. The minimum atomic E-state index is 0.193. The lowest BCUT2D eigenvalue weighted by molar-refractivity contribution is 0.201. The molecule has 0 bridgehead atoms. The lowest BCUT2D eigenvalue weighted by atomic mass is 10.0. The molecular weight excluding hydrogens is 208 g/mol. The Hall–Kier alpha value is -0.570. The molecule has 0 aromatic heterocycles. The van der Waals surface area contributed by atoms with E-state index in [1.165, 1.54) is 0 Å². The number of hydrogen-bond acceptors (Lipinski definition) is 2. The van der Waals surface area contributed by atoms with Crippen molar-refractivity contribution in [2.24, 2.45) is 5.73 Å². The number of nitrogens with two attached hydrogens (primary N) is 1. The average molecular weight is 227 g/mol. The van der Waals surface area contributed by atoms with Gasteiger partial charge in [0.2, 0.25) is 0 Å². The molecule has 2 N–H and O–H groups in total. The highest BCUT2D eigenvalue weighted by Crippen LogP contribution is 2.26. The Balaban J connectivity index is 2.97. The maximum Gasteiger partial charge on any atom is 0.0484 e. The van der Waals surface area contributed by atoms with Crippen LogP contribution in [0.3, 0.4) is 0 Å². The highest BCUT2D eigenvalue weighted by Gasteiger charge is 2.19. The molecule has 1 unspecified atom stereocenters. The minimum absolute atomic E-state index is 0.193. The van der Waals surface area contributed by atoms with Gasteiger partial charge in [-0.2, -0.15) is 0 Å². The van der Waals surface area contributed by atoms with Crippen LogP contribution in [-0.4, -0.2) is 24.5 Å². The van der Waals surface area contributed by atoms with Crippen molar-refractivity contribution >= 4 is 11.6 Å². The first kappa shape index (κ1) is 12.5. The third kappa shape index (κ3) is 2.94. The molecule has 0 spiro atoms. The molecule has 84 valence electrons. The lowest BCUT2D eigenvalue weighted by Gasteiger charge is -2.31. The van der Waals surface area contributed by atoms with E-state index in [9.17, 15) is 0 Å². The van der Waals surface area contributed by atoms with Gasteiger partial charge in [0.05, 0.1) is 0 Å². The molecule has 15 heavy (non-hydrogen) atoms. The SMILES string of the molecule is CC(C)N(C)C(CN)c1ccccc1Cl. The van der Waals surface area contributed by atoms with E-state index < -0.39 is 0 Å². The fourth-order valence-corrected chi connectivity index (χ4v) is 1.88. The lowest BCUT2D eigenvalue weighted by Crippen LogP contribution is -2.35. The topological polar surface area (TPSA) is 29.3 Å². The van der Waals surface area contributed by atoms with Crippen LogP contribution in [0.4, 0.5) is 0 Å². The van der Waals surface area contributed by atoms with Gasteiger partial charge in [0, 0.05) is 23.7 Å². The van der Waals surface area contributed by atoms with Crippen molar-refractivity contribution in [2.75, 3.05) is 13.6 Å². The van der Waals surface area contributed by atoms with Crippen molar-refractivity contribution < 1.29 is 0 Å². The minimum Gasteiger partial charge on any atom is -0.329 e. The van der Waals surface area contributed by atoms with Crippen LogP contribution < -0.4 is 5.73 Å². The number of benzene rings is 1. The van der Waals surface area contributed by atoms with Gasteiger partial charge in [0.25, 0.3) is 0 Å². The van der Waals surface area contributed by atoms with Crippen LogP contribution in [0.25, 0.3) is 0 Å². The number of rotatable bonds is 4. The summed E-state index contributed by atoms with van der Waals surface area (Å²) < 4.78 is 0. The summed E-state index contributed by atoms with van der Waals surface area (Å²) in [5, 5.41) is 0.792. The van der Waals surface area contributed by atoms with E-state index in [4.69, 9.17) is 17.3 Å². The third-order valence-corrected chi connectivity index (χ3v) is 3.14. The summed E-state index contributed by atoms with van der Waals surface area (Å²) in [6.07, 6.45) is 0. The fourth-order valence-electron chi connectivity index (χ4n) is 1.62. The molecule has 0 heterocycles. The van der Waals surface area contributed by atoms with Gasteiger partial charge in [-0.3, -0.25) is 4.90 Å². The van der Waals surface area contributed by atoms with Crippen LogP contribution in [0.15, 0.2) is 24.3 Å². The maximum absolute atomic E-state index is 6.16. The molecule has 2 nitrogen and oxygen atoms in total. The number of hydrogen-bond donors (Lipinski definition) is 1. The second-order valence-electron chi connectivity index (χ2n) is 4.03. The zero-order chi connectivity index (χ0) is 11.4. The molecule has 1 aromatic carbocycles. The van der Waals surface area contributed by atoms with Crippen LogP contribution in [-0.2, 0) is 0 Å². The Kier molecular flexibility index (Phi) is 4.58. The van der Waals surface area contributed by atoms with Crippen molar-refractivity contribution in [1.82, 2.24) is 4.90 Å². The quantitative estimate of drug-likeness (QED) is 0.856. The predicted molar refractivity (Wildman–Crippen MR) is 66.1 cm³/mol. The van der Waals surface area contributed by atoms with Crippen molar-refractivity contribution in [3.8, 4) is 0 Å². The fraction of sp³-hybridized carbons (Fsp3) is 0.500. The monoisotopic (exact) mass is 226 g/mol. The highest BCUT2D eigenvalue weighted by molar-refractivity contribution is 6.31. The normalized spacial score (nSPS) is 13.5. The summed E-state index contributed by atoms with van der Waals surface area (Å²) in [5.74, 6) is 0. The molecular formula is C12H19ClN2. The zero-order valence-corrected chi connectivity index (χ0v) is 10.3. The van der Waals surface area contributed by atoms with E-state index in [2.05, 4.69) is 25.8 Å². The number of nitrogens with zero attached hydrogens (tertiary/aromatic N) is 1. The molecule has 0 saturated carbocycles. The maximum atomic E-state index is 6.16. The van der Waals surface area contributed by atoms with Crippen molar-refractivity contribution in [2.45, 2.75) is 25.9 Å². The predicted octanol–water partition coefficient (Wildman–Crippen LogP) is 2.68. The van der Waals surface area contributed by atoms with Gasteiger partial charge >= 0.3 is 0 Å². The molecule has 1 aromatic rings. The first-order chi connectivity index (χ1) is 7.07. The van der Waals surface area contributed by atoms with Crippen LogP contribution >= 0.6 is 11.6 Å². The Morgan fingerprint density at radius 3 is 2.40 bits per heavy atom. The molecule has 0 saturated heterocycles. The smallest absolute Gasteiger partial charge is 0.0484 e. The summed E-state index contributed by atoms with van der Waals surface area (Å²) in [6.45, 7) is 4.89. The second-order valence-corrected chi connectivity index (χ2v) is 4.44. The van der Waals surface area contributed by atoms with Crippen LogP contribution in [0.5, 0.6) is 0 Å². The molecule has 1 atom stereocenters. The van der Waals surface area contributed by atoms with Gasteiger partial charge in [-0.25, -0.2) is 0 Å². The molecule has 0 fully saturated rings. The van der Waals surface area contributed by atoms with E-state index in [0.29, 0.717) is 12.6 Å². The summed E-state index contributed by atoms with van der Waals surface area (Å²) in [7, 11) is 2.07. The first-order valence-corrected chi connectivity index (χ1v) is 5.62. The third-order valence-electron chi connectivity index (χ3n) is 2.79. The Bertz CT molecular complexity index is 312. The van der Waals surface area contributed by atoms with Crippen LogP contribution in [0.2, 0.25) is 5.02 Å². The van der Waals surface area contributed by atoms with Gasteiger partial charge in [-0.1, -0.05) is 29.8 Å². The van der Waals surface area contributed by atoms with Gasteiger partial charge in [-0.05, 0) is 32.5 Å². The van der Waals surface area contributed by atoms with E-state index in [1.807, 2.05) is 24.3 Å². The molecule has 0 aliphatic carbocycles. The average Bonchev–Trinajstić information content (AvgIpc) is 2.21. The summed E-state index contributed by atoms with van der Waals surface area (Å²) in [4.78, 5) is 2.24. The molecule has 3 heteroatoms. The van der Waals surface area contributed by atoms with Crippen molar-refractivity contribution in [1.29, 1.82) is 0 Å². The molecule has 1 rings (SSSR count). The molecule has 0 aliphatic rings. The Labute approximate surface area is 97.0 Å². The number of halogens is 1. The van der Waals surface area contributed by atoms with Gasteiger partial charge < -0.3 is 5.73 Å². The van der Waals surface area contributed by atoms with E-state index in [1.54, 1.807) is 0 Å². The first-order valence-electron chi connectivity index (χ1n) is 5.24. The van der Waals surface area contributed by atoms with Crippen LogP contribution in [0, 0.1) is 0 Å². The molecule has 0 amide bonds. The van der Waals surface area contributed by atoms with E-state index >= 15 is 0 Å². The summed E-state index contributed by atoms with van der Waals surface area (Å²) in [5.41, 5.74) is 6.92. The van der Waals surface area contributed by atoms with Gasteiger partial charge in [-0.15, -0.1) is 0 Å². The van der Waals surface area contributed by atoms with Crippen molar-refractivity contribution in [3.63, 3.8) is 0 Å². The van der Waals surface area contributed by atoms with Crippen LogP contribution in [0.1, 0.15) is 25.5 Å². The standard InChI is InChI=1S/C12H19ClN2/c1-9(2)15(3)12(8-14)10-6-4-5-7-11(10)13/h4-7,9,12H,8,14H2,1-3H3. The molecule has 0 aliphatic heterocycles. The Morgan fingerprint density at radius 1 is 1.33 bits per heavy atom. The second kappa shape index (κ2) is 5.50. The molecule has 0 radical (unpaired) electrons. The van der Waals surface area contributed by atoms with Crippen molar-refractivity contribution in [3.05, 3.63) is 34.9 Å². The summed E-state index contributed by atoms with van der Waals surface area (Å²) >= 11 is 6.16. The van der Waals surface area contributed by atoms with E-state index in [-0.39, 0.29) is 6.04 Å². The van der Waals surface area contributed by atoms with E-state index in [0.717, 1.165) is 10.6 Å². The van der Waals surface area contributed by atoms with Gasteiger partial charge in [0.1, 0.15) is 0 Å². The summed E-state index contributed by atoms with van der Waals surface area (Å²) in [6, 6.07) is 8.53. The Morgan fingerprint density at radius 2 is 1.93 bits per heavy atom.